The number of benzene rings is 15. The van der Waals surface area contributed by atoms with E-state index in [4.69, 9.17) is 0 Å². The Morgan fingerprint density at radius 1 is 0.120 bits per heavy atom. The lowest BCUT2D eigenvalue weighted by Crippen LogP contribution is -1.87. The lowest BCUT2D eigenvalue weighted by atomic mass is 9.93. The van der Waals surface area contributed by atoms with Gasteiger partial charge in [0.05, 0.1) is 0 Å². The third kappa shape index (κ3) is 32.7. The third-order valence-electron chi connectivity index (χ3n) is 17.3. The zero-order valence-corrected chi connectivity index (χ0v) is 73.6. The molecule has 0 amide bonds. The second kappa shape index (κ2) is 56.4. The van der Waals surface area contributed by atoms with E-state index in [-0.39, 0.29) is 0 Å². The van der Waals surface area contributed by atoms with Crippen LogP contribution < -0.4 is 0 Å². The van der Waals surface area contributed by atoms with E-state index in [2.05, 4.69) is 390 Å². The minimum absolute atomic E-state index is 1.32. The van der Waals surface area contributed by atoms with Gasteiger partial charge in [-0.1, -0.05) is 422 Å². The molecule has 0 spiro atoms. The first kappa shape index (κ1) is 98.1. The van der Waals surface area contributed by atoms with E-state index in [0.29, 0.717) is 0 Å². The summed E-state index contributed by atoms with van der Waals surface area (Å²) in [5.74, 6) is 0. The van der Waals surface area contributed by atoms with Crippen LogP contribution in [0.2, 0.25) is 0 Å². The summed E-state index contributed by atoms with van der Waals surface area (Å²) in [7, 11) is 0. The molecule has 0 saturated carbocycles. The van der Waals surface area contributed by atoms with Crippen molar-refractivity contribution in [1.29, 1.82) is 0 Å². The monoisotopic (exact) mass is 1440 g/mol. The predicted molar refractivity (Wildman–Crippen MR) is 501 cm³/mol. The van der Waals surface area contributed by atoms with Gasteiger partial charge in [-0.05, 0) is 243 Å². The average Bonchev–Trinajstić information content (AvgIpc) is 0.771. The van der Waals surface area contributed by atoms with Crippen LogP contribution in [0.4, 0.5) is 0 Å². The summed E-state index contributed by atoms with van der Waals surface area (Å²) in [5, 5.41) is 19.0. The van der Waals surface area contributed by atoms with Crippen molar-refractivity contribution in [3.63, 3.8) is 0 Å². The molecule has 15 aromatic carbocycles. The van der Waals surface area contributed by atoms with Crippen molar-refractivity contribution in [1.82, 2.24) is 0 Å². The van der Waals surface area contributed by atoms with Crippen LogP contribution in [0.5, 0.6) is 0 Å². The highest BCUT2D eigenvalue weighted by atomic mass is 14.1. The summed E-state index contributed by atoms with van der Waals surface area (Å²) in [5.41, 5.74) is 21.6. The maximum atomic E-state index is 2.27. The molecule has 0 fully saturated rings. The van der Waals surface area contributed by atoms with Gasteiger partial charge >= 0.3 is 0 Å². The van der Waals surface area contributed by atoms with Crippen molar-refractivity contribution in [2.24, 2.45) is 0 Å². The van der Waals surface area contributed by atoms with Gasteiger partial charge in [0.15, 0.2) is 0 Å². The van der Waals surface area contributed by atoms with Crippen molar-refractivity contribution in [3.05, 3.63) is 368 Å². The predicted octanol–water partition coefficient (Wildman–Crippen LogP) is 34.7. The lowest BCUT2D eigenvalue weighted by molar-refractivity contribution is 1.34. The summed E-state index contributed by atoms with van der Waals surface area (Å²) in [4.78, 5) is 0. The minimum Gasteiger partial charge on any atom is -0.0683 e. The Balaban J connectivity index is 0.00000119. The van der Waals surface area contributed by atoms with Crippen LogP contribution in [0.3, 0.4) is 0 Å². The largest absolute Gasteiger partial charge is 0.0683 e. The first-order valence-electron chi connectivity index (χ1n) is 40.5. The number of fused-ring (bicyclic) bond motifs is 7. The molecule has 0 heteroatoms. The quantitative estimate of drug-likeness (QED) is 0.133. The molecule has 0 aliphatic rings. The van der Waals surface area contributed by atoms with Gasteiger partial charge in [-0.2, -0.15) is 0 Å². The average molecular weight is 1440 g/mol. The first-order chi connectivity index (χ1) is 52.2. The van der Waals surface area contributed by atoms with Crippen LogP contribution >= 0.6 is 0 Å². The summed E-state index contributed by atoms with van der Waals surface area (Å²) in [6.07, 6.45) is 0. The molecule has 0 aliphatic carbocycles. The van der Waals surface area contributed by atoms with Crippen molar-refractivity contribution in [3.8, 4) is 0 Å². The third-order valence-corrected chi connectivity index (χ3v) is 17.3. The fourth-order valence-electron chi connectivity index (χ4n) is 11.6. The Morgan fingerprint density at radius 2 is 0.306 bits per heavy atom. The maximum Gasteiger partial charge on any atom is -0.0146 e. The van der Waals surface area contributed by atoms with Crippen LogP contribution in [0, 0.1) is 111 Å². The van der Waals surface area contributed by atoms with E-state index in [1.807, 2.05) is 111 Å². The Kier molecular flexibility index (Phi) is 51.3. The van der Waals surface area contributed by atoms with Gasteiger partial charge in [0, 0.05) is 0 Å². The molecule has 574 valence electrons. The van der Waals surface area contributed by atoms with Gasteiger partial charge in [-0.15, -0.1) is 0 Å². The first-order valence-corrected chi connectivity index (χ1v) is 40.5. The fourth-order valence-corrected chi connectivity index (χ4v) is 11.6. The van der Waals surface area contributed by atoms with E-state index in [1.54, 1.807) is 0 Å². The number of hydrogen-bond acceptors (Lipinski definition) is 0. The molecule has 0 N–H and O–H groups in total. The second-order valence-corrected chi connectivity index (χ2v) is 25.1. The maximum absolute atomic E-state index is 2.27. The molecule has 15 rings (SSSR count). The van der Waals surface area contributed by atoms with Crippen LogP contribution in [0.25, 0.3) is 75.4 Å². The molecule has 108 heavy (non-hydrogen) atoms. The van der Waals surface area contributed by atoms with Crippen molar-refractivity contribution in [2.45, 2.75) is 222 Å². The minimum atomic E-state index is 1.32. The molecule has 0 nitrogen and oxygen atoms in total. The van der Waals surface area contributed by atoms with Crippen molar-refractivity contribution < 1.29 is 0 Å². The smallest absolute Gasteiger partial charge is 0.0146 e. The van der Waals surface area contributed by atoms with Crippen molar-refractivity contribution in [2.75, 3.05) is 0 Å². The SMILES string of the molecule is CC.CC.CC.CC.CC.CC.CC.CC.Cc1c2ccccc2c(C)c2ccccc12.Cc1ccc(C)c2ccccc12.Cc1ccc(C)cc1.Cc1ccc2cc(C)ccc2c1.Cc1ccc2cc3cc(C)ccc3cc2c1.Cc1cccc(C)c1.Cc1cccc2c(C)cccc12.Cc1ccccc1C. The van der Waals surface area contributed by atoms with Crippen molar-refractivity contribution >= 4 is 75.4 Å². The van der Waals surface area contributed by atoms with Gasteiger partial charge in [-0.3, -0.25) is 0 Å². The molecule has 0 bridgehead atoms. The topological polar surface area (TPSA) is 0 Å². The van der Waals surface area contributed by atoms with Gasteiger partial charge in [0.25, 0.3) is 0 Å². The highest BCUT2D eigenvalue weighted by Gasteiger charge is 2.07. The number of aryl methyl sites for hydroxylation is 16. The molecule has 0 aliphatic heterocycles. The van der Waals surface area contributed by atoms with E-state index in [9.17, 15) is 0 Å². The van der Waals surface area contributed by atoms with Crippen LogP contribution in [-0.4, -0.2) is 0 Å². The molecular weight excluding hydrogens is 1300 g/mol. The Morgan fingerprint density at radius 3 is 0.556 bits per heavy atom. The highest BCUT2D eigenvalue weighted by Crippen LogP contribution is 2.32. The van der Waals surface area contributed by atoms with Crippen LogP contribution in [0.1, 0.15) is 200 Å². The molecule has 0 saturated heterocycles. The molecule has 0 heterocycles. The Bertz CT molecular complexity index is 4520. The van der Waals surface area contributed by atoms with Gasteiger partial charge in [-0.25, -0.2) is 0 Å². The molecule has 0 aromatic heterocycles. The summed E-state index contributed by atoms with van der Waals surface area (Å²) < 4.78 is 0. The zero-order chi connectivity index (χ0) is 81.8. The number of rotatable bonds is 0. The van der Waals surface area contributed by atoms with E-state index >= 15 is 0 Å². The van der Waals surface area contributed by atoms with Crippen LogP contribution in [-0.2, 0) is 0 Å². The van der Waals surface area contributed by atoms with Crippen LogP contribution in [0.15, 0.2) is 279 Å². The summed E-state index contributed by atoms with van der Waals surface area (Å²) in [6.45, 7) is 66.2. The second-order valence-electron chi connectivity index (χ2n) is 25.1. The Hall–Kier alpha value is -9.88. The lowest BCUT2D eigenvalue weighted by Gasteiger charge is -2.11. The van der Waals surface area contributed by atoms with Gasteiger partial charge in [0.1, 0.15) is 0 Å². The molecule has 0 atom stereocenters. The summed E-state index contributed by atoms with van der Waals surface area (Å²) in [6, 6.07) is 99.3. The molecule has 0 radical (unpaired) electrons. The standard InChI is InChI=1S/2C16H14.3C12H12.3C8H10.8C2H6/c1-11-3-5-13-10-16-8-12(2)4-6-14(16)9-15(13)7-11;1-11-13-7-3-5-9-15(13)12(2)16-10-6-4-8-14(11)16;1-9-3-5-12-8-10(2)4-6-11(12)7-9;1-9-5-3-8-12-10(2)6-4-7-11(9)12;1-9-7-8-10(2)12-6-4-3-5-11(9)12;1-7-3-5-8(2)6-4-7;1-7-4-3-5-8(2)6-7;1-7-5-3-4-6-8(7)2;8*1-2/h2*3-10H,1-2H3;3*3-8H,1-2H3;3*3-6H,1-2H3;8*1-2H3. The Labute approximate surface area is 660 Å². The molecular formula is C108H142. The normalized spacial score (nSPS) is 9.30. The highest BCUT2D eigenvalue weighted by molar-refractivity contribution is 6.05. The fraction of sp³-hybridized carbons (Fsp3) is 0.296. The number of hydrogen-bond donors (Lipinski definition) is 0. The van der Waals surface area contributed by atoms with Gasteiger partial charge in [0.2, 0.25) is 0 Å². The molecule has 15 aromatic rings. The summed E-state index contributed by atoms with van der Waals surface area (Å²) >= 11 is 0. The molecule has 0 unspecified atom stereocenters. The van der Waals surface area contributed by atoms with Gasteiger partial charge < -0.3 is 0 Å². The van der Waals surface area contributed by atoms with E-state index in [0.717, 1.165) is 0 Å². The van der Waals surface area contributed by atoms with E-state index in [1.165, 1.54) is 164 Å². The zero-order valence-electron chi connectivity index (χ0n) is 73.6. The van der Waals surface area contributed by atoms with E-state index < -0.39 is 0 Å².